The van der Waals surface area contributed by atoms with Gasteiger partial charge in [-0.2, -0.15) is 0 Å². The van der Waals surface area contributed by atoms with Crippen molar-refractivity contribution < 1.29 is 14.9 Å². The second-order valence-electron chi connectivity index (χ2n) is 8.76. The second-order valence-corrected chi connectivity index (χ2v) is 8.76. The number of hydrogen-bond donors (Lipinski definition) is 2. The summed E-state index contributed by atoms with van der Waals surface area (Å²) in [6, 6.07) is 3.84. The lowest BCUT2D eigenvalue weighted by molar-refractivity contribution is -0.173. The van der Waals surface area contributed by atoms with Crippen molar-refractivity contribution in [3.05, 3.63) is 24.5 Å². The lowest BCUT2D eigenvalue weighted by Gasteiger charge is -2.61. The van der Waals surface area contributed by atoms with E-state index >= 15 is 0 Å². The first-order chi connectivity index (χ1) is 11.9. The monoisotopic (exact) mass is 347 g/mol. The van der Waals surface area contributed by atoms with Gasteiger partial charge in [0.2, 0.25) is 0 Å². The zero-order valence-electron chi connectivity index (χ0n) is 15.8. The Kier molecular flexibility index (Phi) is 5.40. The predicted molar refractivity (Wildman–Crippen MR) is 98.3 cm³/mol. The molecule has 2 N–H and O–H groups in total. The van der Waals surface area contributed by atoms with Gasteiger partial charge in [-0.1, -0.05) is 27.2 Å². The first kappa shape index (κ1) is 18.7. The summed E-state index contributed by atoms with van der Waals surface area (Å²) >= 11 is 0. The molecule has 1 aromatic rings. The molecular weight excluding hydrogens is 314 g/mol. The summed E-state index contributed by atoms with van der Waals surface area (Å²) in [5, 5.41) is 20.6. The van der Waals surface area contributed by atoms with Gasteiger partial charge < -0.3 is 14.9 Å². The van der Waals surface area contributed by atoms with E-state index in [4.69, 9.17) is 4.74 Å². The molecule has 140 valence electrons. The Balaban J connectivity index is 1.73. The Bertz CT molecular complexity index is 566. The second kappa shape index (κ2) is 7.24. The summed E-state index contributed by atoms with van der Waals surface area (Å²) in [7, 11) is 0. The molecule has 4 heteroatoms. The molecule has 0 bridgehead atoms. The van der Waals surface area contributed by atoms with Crippen molar-refractivity contribution in [1.29, 1.82) is 0 Å². The molecule has 2 aliphatic carbocycles. The van der Waals surface area contributed by atoms with Crippen LogP contribution in [0.4, 0.5) is 0 Å². The lowest BCUT2D eigenvalue weighted by Crippen LogP contribution is -2.58. The lowest BCUT2D eigenvalue weighted by atomic mass is 9.45. The number of aliphatic hydroxyl groups is 2. The van der Waals surface area contributed by atoms with Crippen LogP contribution in [0.1, 0.15) is 52.9 Å². The minimum absolute atomic E-state index is 0.0711. The highest BCUT2D eigenvalue weighted by Crippen LogP contribution is 2.61. The molecule has 4 nitrogen and oxygen atoms in total. The molecule has 0 aromatic carbocycles. The van der Waals surface area contributed by atoms with Gasteiger partial charge in [0.1, 0.15) is 5.75 Å². The van der Waals surface area contributed by atoms with Crippen molar-refractivity contribution in [3.8, 4) is 5.75 Å². The minimum Gasteiger partial charge on any atom is -0.492 e. The third kappa shape index (κ3) is 3.31. The molecule has 2 saturated carbocycles. The quantitative estimate of drug-likeness (QED) is 0.853. The number of pyridine rings is 1. The zero-order chi connectivity index (χ0) is 18.1. The van der Waals surface area contributed by atoms with Gasteiger partial charge in [0.05, 0.1) is 25.5 Å². The number of aliphatic hydroxyl groups excluding tert-OH is 2. The Morgan fingerprint density at radius 3 is 2.76 bits per heavy atom. The van der Waals surface area contributed by atoms with Crippen LogP contribution in [-0.4, -0.2) is 34.5 Å². The van der Waals surface area contributed by atoms with E-state index in [-0.39, 0.29) is 17.4 Å². The fraction of sp³-hybridized carbons (Fsp3) is 0.762. The van der Waals surface area contributed by atoms with Crippen molar-refractivity contribution in [2.24, 2.45) is 28.6 Å². The Morgan fingerprint density at radius 2 is 2.08 bits per heavy atom. The van der Waals surface area contributed by atoms with E-state index in [1.807, 2.05) is 12.1 Å². The van der Waals surface area contributed by atoms with Crippen molar-refractivity contribution in [1.82, 2.24) is 4.98 Å². The first-order valence-corrected chi connectivity index (χ1v) is 9.73. The van der Waals surface area contributed by atoms with E-state index < -0.39 is 6.10 Å². The van der Waals surface area contributed by atoms with Gasteiger partial charge in [-0.05, 0) is 61.0 Å². The molecule has 0 amide bonds. The standard InChI is InChI=1S/C21H33NO3/c1-15-6-7-18-20(2,10-8-19(24)21(18,3)14-23)17(15)9-12-25-16-5-4-11-22-13-16/h4-5,11,13,15,17-19,23-24H,6-10,12,14H2,1-3H3/t15?,17?,18?,19-,20+,21+/m1/s1. The average Bonchev–Trinajstić information content (AvgIpc) is 2.62. The Morgan fingerprint density at radius 1 is 1.28 bits per heavy atom. The van der Waals surface area contributed by atoms with Crippen LogP contribution in [0.2, 0.25) is 0 Å². The van der Waals surface area contributed by atoms with E-state index in [0.29, 0.717) is 24.4 Å². The molecule has 3 unspecified atom stereocenters. The van der Waals surface area contributed by atoms with Crippen molar-refractivity contribution in [2.45, 2.75) is 59.0 Å². The maximum absolute atomic E-state index is 10.6. The van der Waals surface area contributed by atoms with Crippen LogP contribution in [0.25, 0.3) is 0 Å². The van der Waals surface area contributed by atoms with Gasteiger partial charge in [-0.3, -0.25) is 4.98 Å². The number of hydrogen-bond acceptors (Lipinski definition) is 4. The third-order valence-corrected chi connectivity index (χ3v) is 7.43. The molecule has 25 heavy (non-hydrogen) atoms. The minimum atomic E-state index is -0.392. The number of rotatable bonds is 5. The molecule has 3 rings (SSSR count). The SMILES string of the molecule is CC1CCC2[C@@](C)(CC[C@@H](O)[C@@]2(C)CO)C1CCOc1cccnc1. The highest BCUT2D eigenvalue weighted by Gasteiger charge is 2.57. The van der Waals surface area contributed by atoms with Crippen LogP contribution in [0.5, 0.6) is 5.75 Å². The number of ether oxygens (including phenoxy) is 1. The number of nitrogens with zero attached hydrogens (tertiary/aromatic N) is 1. The topological polar surface area (TPSA) is 62.6 Å². The van der Waals surface area contributed by atoms with Crippen LogP contribution in [0, 0.1) is 28.6 Å². The maximum Gasteiger partial charge on any atom is 0.137 e. The molecule has 2 fully saturated rings. The summed E-state index contributed by atoms with van der Waals surface area (Å²) in [6.45, 7) is 7.60. The summed E-state index contributed by atoms with van der Waals surface area (Å²) < 4.78 is 5.92. The normalized spacial score (nSPS) is 41.2. The van der Waals surface area contributed by atoms with Gasteiger partial charge in [-0.25, -0.2) is 0 Å². The van der Waals surface area contributed by atoms with Crippen molar-refractivity contribution >= 4 is 0 Å². The molecule has 0 saturated heterocycles. The Labute approximate surface area is 151 Å². The molecule has 0 spiro atoms. The van der Waals surface area contributed by atoms with Gasteiger partial charge in [-0.15, -0.1) is 0 Å². The van der Waals surface area contributed by atoms with Crippen molar-refractivity contribution in [2.75, 3.05) is 13.2 Å². The smallest absolute Gasteiger partial charge is 0.137 e. The van der Waals surface area contributed by atoms with Gasteiger partial charge >= 0.3 is 0 Å². The fourth-order valence-electron chi connectivity index (χ4n) is 5.89. The molecule has 6 atom stereocenters. The van der Waals surface area contributed by atoms with Gasteiger partial charge in [0.25, 0.3) is 0 Å². The van der Waals surface area contributed by atoms with E-state index in [0.717, 1.165) is 31.4 Å². The number of fused-ring (bicyclic) bond motifs is 1. The predicted octanol–water partition coefficient (Wildman–Crippen LogP) is 3.67. The highest BCUT2D eigenvalue weighted by atomic mass is 16.5. The fourth-order valence-corrected chi connectivity index (χ4v) is 5.89. The third-order valence-electron chi connectivity index (χ3n) is 7.43. The first-order valence-electron chi connectivity index (χ1n) is 9.73. The van der Waals surface area contributed by atoms with Crippen LogP contribution >= 0.6 is 0 Å². The largest absolute Gasteiger partial charge is 0.492 e. The van der Waals surface area contributed by atoms with Crippen LogP contribution in [-0.2, 0) is 0 Å². The molecule has 1 aromatic heterocycles. The van der Waals surface area contributed by atoms with Crippen LogP contribution < -0.4 is 4.74 Å². The molecule has 0 radical (unpaired) electrons. The summed E-state index contributed by atoms with van der Waals surface area (Å²) in [6.07, 6.45) is 8.23. The van der Waals surface area contributed by atoms with E-state index in [2.05, 4.69) is 25.8 Å². The Hall–Kier alpha value is -1.13. The summed E-state index contributed by atoms with van der Waals surface area (Å²) in [5.74, 6) is 2.40. The van der Waals surface area contributed by atoms with Gasteiger partial charge in [0.15, 0.2) is 0 Å². The van der Waals surface area contributed by atoms with Crippen LogP contribution in [0.3, 0.4) is 0 Å². The van der Waals surface area contributed by atoms with Crippen molar-refractivity contribution in [3.63, 3.8) is 0 Å². The average molecular weight is 347 g/mol. The zero-order valence-corrected chi connectivity index (χ0v) is 15.8. The van der Waals surface area contributed by atoms with E-state index in [1.54, 1.807) is 12.4 Å². The molecular formula is C21H33NO3. The molecule has 2 aliphatic rings. The molecule has 0 aliphatic heterocycles. The number of aromatic nitrogens is 1. The van der Waals surface area contributed by atoms with E-state index in [1.165, 1.54) is 6.42 Å². The van der Waals surface area contributed by atoms with E-state index in [9.17, 15) is 10.2 Å². The maximum atomic E-state index is 10.6. The summed E-state index contributed by atoms with van der Waals surface area (Å²) in [4.78, 5) is 4.10. The van der Waals surface area contributed by atoms with Crippen LogP contribution in [0.15, 0.2) is 24.5 Å². The molecule has 1 heterocycles. The summed E-state index contributed by atoms with van der Waals surface area (Å²) in [5.41, 5.74) is -0.220. The highest BCUT2D eigenvalue weighted by molar-refractivity contribution is 5.15. The van der Waals surface area contributed by atoms with Gasteiger partial charge in [0, 0.05) is 11.6 Å².